The molecule has 1 amide bonds. The fourth-order valence-corrected chi connectivity index (χ4v) is 3.36. The van der Waals surface area contributed by atoms with Gasteiger partial charge in [-0.2, -0.15) is 0 Å². The van der Waals surface area contributed by atoms with Gasteiger partial charge in [0.2, 0.25) is 0 Å². The minimum Gasteiger partial charge on any atom is -0.478 e. The zero-order chi connectivity index (χ0) is 18.8. The van der Waals surface area contributed by atoms with E-state index in [1.807, 2.05) is 0 Å². The summed E-state index contributed by atoms with van der Waals surface area (Å²) < 4.78 is 27.1. The van der Waals surface area contributed by atoms with E-state index < -0.39 is 16.0 Å². The number of hydrogen-bond donors (Lipinski definition) is 2. The maximum Gasteiger partial charge on any atom is 0.335 e. The Morgan fingerprint density at radius 1 is 1.12 bits per heavy atom. The number of rotatable bonds is 5. The van der Waals surface area contributed by atoms with Crippen LogP contribution in [0.25, 0.3) is 0 Å². The van der Waals surface area contributed by atoms with Gasteiger partial charge in [-0.3, -0.25) is 9.52 Å². The van der Waals surface area contributed by atoms with Gasteiger partial charge in [0, 0.05) is 14.1 Å². The Balaban J connectivity index is 2.32. The molecule has 0 radical (unpaired) electrons. The van der Waals surface area contributed by atoms with Gasteiger partial charge in [-0.15, -0.1) is 0 Å². The second-order valence-corrected chi connectivity index (χ2v) is 7.42. The molecule has 0 spiro atoms. The van der Waals surface area contributed by atoms with Crippen LogP contribution in [0.4, 0.5) is 5.69 Å². The first-order valence-corrected chi connectivity index (χ1v) is 8.85. The summed E-state index contributed by atoms with van der Waals surface area (Å²) in [5, 5.41) is 9.06. The topological polar surface area (TPSA) is 104 Å². The molecular formula is C16H15ClN2O5S. The minimum absolute atomic E-state index is 0.0955. The summed E-state index contributed by atoms with van der Waals surface area (Å²) in [6.45, 7) is 0. The second-order valence-electron chi connectivity index (χ2n) is 5.33. The van der Waals surface area contributed by atoms with Crippen molar-refractivity contribution in [3.8, 4) is 0 Å². The highest BCUT2D eigenvalue weighted by Crippen LogP contribution is 2.24. The summed E-state index contributed by atoms with van der Waals surface area (Å²) in [4.78, 5) is 24.1. The Morgan fingerprint density at radius 2 is 1.80 bits per heavy atom. The second kappa shape index (κ2) is 7.12. The SMILES string of the molecule is CN(C)C(=O)c1ccc(NS(=O)(=O)c2cccc(C(=O)O)c2)cc1Cl. The van der Waals surface area contributed by atoms with Crippen LogP contribution in [0.5, 0.6) is 0 Å². The van der Waals surface area contributed by atoms with Crippen LogP contribution in [-0.4, -0.2) is 44.4 Å². The molecule has 2 aromatic carbocycles. The lowest BCUT2D eigenvalue weighted by atomic mass is 10.2. The van der Waals surface area contributed by atoms with Crippen LogP contribution in [0, 0.1) is 0 Å². The molecule has 0 unspecified atom stereocenters. The standard InChI is InChI=1S/C16H15ClN2O5S/c1-19(2)15(20)13-7-6-11(9-14(13)17)18-25(23,24)12-5-3-4-10(8-12)16(21)22/h3-9,18H,1-2H3,(H,21,22). The predicted octanol–water partition coefficient (Wildman–Crippen LogP) is 2.54. The Morgan fingerprint density at radius 3 is 2.36 bits per heavy atom. The lowest BCUT2D eigenvalue weighted by molar-refractivity contribution is 0.0696. The third-order valence-corrected chi connectivity index (χ3v) is 4.94. The Hall–Kier alpha value is -2.58. The van der Waals surface area contributed by atoms with E-state index in [0.717, 1.165) is 6.07 Å². The molecule has 0 aliphatic carbocycles. The first-order valence-electron chi connectivity index (χ1n) is 6.99. The largest absolute Gasteiger partial charge is 0.478 e. The normalized spacial score (nSPS) is 11.0. The maximum atomic E-state index is 12.4. The highest BCUT2D eigenvalue weighted by Gasteiger charge is 2.18. The van der Waals surface area contributed by atoms with Gasteiger partial charge in [0.05, 0.1) is 26.7 Å². The number of anilines is 1. The van der Waals surface area contributed by atoms with E-state index in [4.69, 9.17) is 16.7 Å². The van der Waals surface area contributed by atoms with Crippen molar-refractivity contribution in [3.63, 3.8) is 0 Å². The number of hydrogen-bond acceptors (Lipinski definition) is 4. The van der Waals surface area contributed by atoms with Crippen LogP contribution in [0.2, 0.25) is 5.02 Å². The van der Waals surface area contributed by atoms with Gasteiger partial charge >= 0.3 is 5.97 Å². The number of carboxylic acid groups (broad SMARTS) is 1. The van der Waals surface area contributed by atoms with Crippen molar-refractivity contribution in [2.45, 2.75) is 4.90 Å². The van der Waals surface area contributed by atoms with Crippen molar-refractivity contribution >= 4 is 39.2 Å². The zero-order valence-corrected chi connectivity index (χ0v) is 14.9. The number of aromatic carboxylic acids is 1. The quantitative estimate of drug-likeness (QED) is 0.826. The van der Waals surface area contributed by atoms with Gasteiger partial charge in [-0.1, -0.05) is 17.7 Å². The first kappa shape index (κ1) is 18.8. The van der Waals surface area contributed by atoms with E-state index in [0.29, 0.717) is 0 Å². The fraction of sp³-hybridized carbons (Fsp3) is 0.125. The molecule has 0 aliphatic rings. The van der Waals surface area contributed by atoms with Crippen LogP contribution in [-0.2, 0) is 10.0 Å². The van der Waals surface area contributed by atoms with E-state index in [-0.39, 0.29) is 32.6 Å². The van der Waals surface area contributed by atoms with Gasteiger partial charge in [0.25, 0.3) is 15.9 Å². The smallest absolute Gasteiger partial charge is 0.335 e. The lowest BCUT2D eigenvalue weighted by Crippen LogP contribution is -2.22. The maximum absolute atomic E-state index is 12.4. The zero-order valence-electron chi connectivity index (χ0n) is 13.4. The summed E-state index contributed by atoms with van der Waals surface area (Å²) in [5.74, 6) is -1.54. The average molecular weight is 383 g/mol. The van der Waals surface area contributed by atoms with E-state index >= 15 is 0 Å². The summed E-state index contributed by atoms with van der Waals surface area (Å²) in [5.41, 5.74) is 0.247. The number of benzene rings is 2. The molecule has 0 aromatic heterocycles. The summed E-state index contributed by atoms with van der Waals surface area (Å²) in [6.07, 6.45) is 0. The molecular weight excluding hydrogens is 368 g/mol. The molecule has 0 saturated heterocycles. The van der Waals surface area contributed by atoms with Crippen molar-refractivity contribution in [2.75, 3.05) is 18.8 Å². The van der Waals surface area contributed by atoms with Crippen molar-refractivity contribution in [2.24, 2.45) is 0 Å². The summed E-state index contributed by atoms with van der Waals surface area (Å²) in [6, 6.07) is 9.09. The molecule has 0 aliphatic heterocycles. The third-order valence-electron chi connectivity index (χ3n) is 3.25. The first-order chi connectivity index (χ1) is 11.6. The van der Waals surface area contributed by atoms with Gasteiger partial charge < -0.3 is 10.0 Å². The van der Waals surface area contributed by atoms with Crippen molar-refractivity contribution in [1.82, 2.24) is 4.90 Å². The number of nitrogens with zero attached hydrogens (tertiary/aromatic N) is 1. The molecule has 132 valence electrons. The van der Waals surface area contributed by atoms with Crippen molar-refractivity contribution in [1.29, 1.82) is 0 Å². The van der Waals surface area contributed by atoms with E-state index in [2.05, 4.69) is 4.72 Å². The monoisotopic (exact) mass is 382 g/mol. The average Bonchev–Trinajstić information content (AvgIpc) is 2.54. The summed E-state index contributed by atoms with van der Waals surface area (Å²) >= 11 is 6.05. The minimum atomic E-state index is -4.00. The highest BCUT2D eigenvalue weighted by molar-refractivity contribution is 7.92. The van der Waals surface area contributed by atoms with E-state index in [1.165, 1.54) is 41.3 Å². The van der Waals surface area contributed by atoms with Gasteiger partial charge in [-0.05, 0) is 36.4 Å². The third kappa shape index (κ3) is 4.28. The van der Waals surface area contributed by atoms with Crippen LogP contribution < -0.4 is 4.72 Å². The van der Waals surface area contributed by atoms with Crippen molar-refractivity contribution < 1.29 is 23.1 Å². The molecule has 0 heterocycles. The summed E-state index contributed by atoms with van der Waals surface area (Å²) in [7, 11) is -0.855. The number of amides is 1. The number of carbonyl (C=O) groups is 2. The number of carboxylic acids is 1. The molecule has 2 N–H and O–H groups in total. The van der Waals surface area contributed by atoms with E-state index in [9.17, 15) is 18.0 Å². The van der Waals surface area contributed by atoms with Crippen LogP contribution >= 0.6 is 11.6 Å². The Bertz CT molecular complexity index is 941. The number of halogens is 1. The number of sulfonamides is 1. The molecule has 0 bridgehead atoms. The highest BCUT2D eigenvalue weighted by atomic mass is 35.5. The molecule has 2 rings (SSSR count). The molecule has 0 fully saturated rings. The molecule has 0 saturated carbocycles. The number of carbonyl (C=O) groups excluding carboxylic acids is 1. The van der Waals surface area contributed by atoms with Gasteiger partial charge in [0.15, 0.2) is 0 Å². The predicted molar refractivity (Wildman–Crippen MR) is 93.7 cm³/mol. The molecule has 2 aromatic rings. The Kier molecular flexibility index (Phi) is 5.34. The van der Waals surface area contributed by atoms with Crippen molar-refractivity contribution in [3.05, 3.63) is 58.6 Å². The molecule has 7 nitrogen and oxygen atoms in total. The van der Waals surface area contributed by atoms with Crippen LogP contribution in [0.3, 0.4) is 0 Å². The molecule has 25 heavy (non-hydrogen) atoms. The van der Waals surface area contributed by atoms with E-state index in [1.54, 1.807) is 14.1 Å². The molecule has 9 heteroatoms. The number of nitrogens with one attached hydrogen (secondary N) is 1. The van der Waals surface area contributed by atoms with Gasteiger partial charge in [-0.25, -0.2) is 13.2 Å². The fourth-order valence-electron chi connectivity index (χ4n) is 2.00. The van der Waals surface area contributed by atoms with Gasteiger partial charge in [0.1, 0.15) is 0 Å². The van der Waals surface area contributed by atoms with Crippen LogP contribution in [0.15, 0.2) is 47.4 Å². The Labute approximate surface area is 149 Å². The van der Waals surface area contributed by atoms with Crippen LogP contribution in [0.1, 0.15) is 20.7 Å². The lowest BCUT2D eigenvalue weighted by Gasteiger charge is -2.13. The molecule has 0 atom stereocenters.